The molecule has 0 bridgehead atoms. The summed E-state index contributed by atoms with van der Waals surface area (Å²) in [6.45, 7) is 5.01. The molecule has 4 rings (SSSR count). The standard InChI is InChI=1S/C24H31N5O2/c1-17(30)27-21-7-3-5-19(15-21)22-23(26-11-10-25-22)20-6-4-12-29(16-20)24(31)18-8-13-28(2)14-9-18/h3,5,7,10-11,15,18,20H,4,6,8-9,12-14,16H2,1-2H3,(H,27,30). The Morgan fingerprint density at radius 3 is 2.61 bits per heavy atom. The fourth-order valence-electron chi connectivity index (χ4n) is 4.73. The van der Waals surface area contributed by atoms with Crippen molar-refractivity contribution >= 4 is 17.5 Å². The van der Waals surface area contributed by atoms with Crippen molar-refractivity contribution in [1.82, 2.24) is 19.8 Å². The minimum absolute atomic E-state index is 0.105. The van der Waals surface area contributed by atoms with Crippen molar-refractivity contribution in [3.63, 3.8) is 0 Å². The summed E-state index contributed by atoms with van der Waals surface area (Å²) in [6, 6.07) is 7.70. The van der Waals surface area contributed by atoms with Gasteiger partial charge in [-0.2, -0.15) is 0 Å². The molecule has 0 saturated carbocycles. The summed E-state index contributed by atoms with van der Waals surface area (Å²) < 4.78 is 0. The molecule has 1 atom stereocenters. The molecule has 7 nitrogen and oxygen atoms in total. The SMILES string of the molecule is CC(=O)Nc1cccc(-c2nccnc2C2CCCN(C(=O)C3CCN(C)CC3)C2)c1. The smallest absolute Gasteiger partial charge is 0.225 e. The number of carbonyl (C=O) groups excluding carboxylic acids is 2. The van der Waals surface area contributed by atoms with Crippen molar-refractivity contribution in [1.29, 1.82) is 0 Å². The summed E-state index contributed by atoms with van der Waals surface area (Å²) in [5.74, 6) is 0.505. The van der Waals surface area contributed by atoms with E-state index in [2.05, 4.69) is 27.1 Å². The van der Waals surface area contributed by atoms with E-state index in [1.54, 1.807) is 12.4 Å². The van der Waals surface area contributed by atoms with E-state index in [-0.39, 0.29) is 17.7 Å². The zero-order valence-corrected chi connectivity index (χ0v) is 18.4. The maximum absolute atomic E-state index is 13.2. The van der Waals surface area contributed by atoms with Crippen molar-refractivity contribution in [3.05, 3.63) is 42.4 Å². The molecule has 164 valence electrons. The van der Waals surface area contributed by atoms with Gasteiger partial charge in [-0.25, -0.2) is 0 Å². The average Bonchev–Trinajstić information content (AvgIpc) is 2.79. The molecule has 2 amide bonds. The molecule has 2 fully saturated rings. The van der Waals surface area contributed by atoms with Gasteiger partial charge in [0, 0.05) is 55.5 Å². The van der Waals surface area contributed by atoms with Gasteiger partial charge < -0.3 is 15.1 Å². The summed E-state index contributed by atoms with van der Waals surface area (Å²) in [6.07, 6.45) is 7.30. The molecule has 0 aliphatic carbocycles. The minimum Gasteiger partial charge on any atom is -0.342 e. The highest BCUT2D eigenvalue weighted by Crippen LogP contribution is 2.33. The van der Waals surface area contributed by atoms with Crippen molar-refractivity contribution in [2.24, 2.45) is 5.92 Å². The molecule has 2 aromatic rings. The van der Waals surface area contributed by atoms with Crippen molar-refractivity contribution in [2.75, 3.05) is 38.5 Å². The summed E-state index contributed by atoms with van der Waals surface area (Å²) in [7, 11) is 2.12. The van der Waals surface area contributed by atoms with E-state index in [0.29, 0.717) is 12.5 Å². The first kappa shape index (κ1) is 21.4. The number of likely N-dealkylation sites (tertiary alicyclic amines) is 2. The van der Waals surface area contributed by atoms with Crippen LogP contribution >= 0.6 is 0 Å². The Hall–Kier alpha value is -2.80. The Morgan fingerprint density at radius 1 is 1.06 bits per heavy atom. The zero-order valence-electron chi connectivity index (χ0n) is 18.4. The number of amides is 2. The molecule has 1 N–H and O–H groups in total. The predicted octanol–water partition coefficient (Wildman–Crippen LogP) is 3.15. The van der Waals surface area contributed by atoms with E-state index in [9.17, 15) is 9.59 Å². The van der Waals surface area contributed by atoms with E-state index < -0.39 is 0 Å². The summed E-state index contributed by atoms with van der Waals surface area (Å²) in [5, 5.41) is 2.83. The molecule has 3 heterocycles. The number of benzene rings is 1. The average molecular weight is 422 g/mol. The van der Waals surface area contributed by atoms with Crippen LogP contribution in [-0.4, -0.2) is 64.8 Å². The summed E-state index contributed by atoms with van der Waals surface area (Å²) in [5.41, 5.74) is 3.43. The number of nitrogens with zero attached hydrogens (tertiary/aromatic N) is 4. The molecule has 1 aromatic heterocycles. The lowest BCUT2D eigenvalue weighted by molar-refractivity contribution is -0.138. The lowest BCUT2D eigenvalue weighted by Crippen LogP contribution is -2.45. The Balaban J connectivity index is 1.54. The maximum Gasteiger partial charge on any atom is 0.225 e. The van der Waals surface area contributed by atoms with Crippen LogP contribution in [0, 0.1) is 5.92 Å². The number of aromatic nitrogens is 2. The molecular weight excluding hydrogens is 390 g/mol. The van der Waals surface area contributed by atoms with Gasteiger partial charge in [-0.1, -0.05) is 12.1 Å². The second-order valence-corrected chi connectivity index (χ2v) is 8.75. The van der Waals surface area contributed by atoms with Crippen molar-refractivity contribution < 1.29 is 9.59 Å². The Kier molecular flexibility index (Phi) is 6.61. The quantitative estimate of drug-likeness (QED) is 0.821. The third-order valence-electron chi connectivity index (χ3n) is 6.37. The molecular formula is C24H31N5O2. The number of hydrogen-bond donors (Lipinski definition) is 1. The molecule has 31 heavy (non-hydrogen) atoms. The molecule has 0 spiro atoms. The minimum atomic E-state index is -0.105. The first-order valence-corrected chi connectivity index (χ1v) is 11.2. The van der Waals surface area contributed by atoms with Gasteiger partial charge >= 0.3 is 0 Å². The van der Waals surface area contributed by atoms with Gasteiger partial charge in [-0.15, -0.1) is 0 Å². The fraction of sp³-hybridized carbons (Fsp3) is 0.500. The molecule has 1 aromatic carbocycles. The number of piperidine rings is 2. The molecule has 2 aliphatic rings. The number of nitrogens with one attached hydrogen (secondary N) is 1. The van der Waals surface area contributed by atoms with Crippen LogP contribution in [0.25, 0.3) is 11.3 Å². The van der Waals surface area contributed by atoms with Crippen LogP contribution in [0.2, 0.25) is 0 Å². The first-order chi connectivity index (χ1) is 15.0. The lowest BCUT2D eigenvalue weighted by atomic mass is 9.89. The van der Waals surface area contributed by atoms with Gasteiger partial charge in [0.2, 0.25) is 11.8 Å². The molecule has 7 heteroatoms. The van der Waals surface area contributed by atoms with Gasteiger partial charge in [0.1, 0.15) is 0 Å². The van der Waals surface area contributed by atoms with Gasteiger partial charge in [0.25, 0.3) is 0 Å². The van der Waals surface area contributed by atoms with Crippen LogP contribution in [0.5, 0.6) is 0 Å². The largest absolute Gasteiger partial charge is 0.342 e. The topological polar surface area (TPSA) is 78.4 Å². The lowest BCUT2D eigenvalue weighted by Gasteiger charge is -2.37. The molecule has 1 unspecified atom stereocenters. The Morgan fingerprint density at radius 2 is 1.84 bits per heavy atom. The van der Waals surface area contributed by atoms with Gasteiger partial charge in [-0.3, -0.25) is 19.6 Å². The van der Waals surface area contributed by atoms with E-state index in [4.69, 9.17) is 4.98 Å². The van der Waals surface area contributed by atoms with Gasteiger partial charge in [-0.05, 0) is 58.0 Å². The third-order valence-corrected chi connectivity index (χ3v) is 6.37. The Bertz CT molecular complexity index is 939. The first-order valence-electron chi connectivity index (χ1n) is 11.2. The van der Waals surface area contributed by atoms with Crippen LogP contribution in [0.15, 0.2) is 36.7 Å². The van der Waals surface area contributed by atoms with Crippen LogP contribution in [0.3, 0.4) is 0 Å². The van der Waals surface area contributed by atoms with Crippen LogP contribution in [0.1, 0.15) is 44.2 Å². The second kappa shape index (κ2) is 9.56. The molecule has 2 aliphatic heterocycles. The summed E-state index contributed by atoms with van der Waals surface area (Å²) >= 11 is 0. The van der Waals surface area contributed by atoms with Gasteiger partial charge in [0.05, 0.1) is 11.4 Å². The highest BCUT2D eigenvalue weighted by atomic mass is 16.2. The normalized spacial score (nSPS) is 20.5. The molecule has 2 saturated heterocycles. The van der Waals surface area contributed by atoms with Gasteiger partial charge in [0.15, 0.2) is 0 Å². The van der Waals surface area contributed by atoms with Crippen molar-refractivity contribution in [2.45, 2.75) is 38.5 Å². The zero-order chi connectivity index (χ0) is 21.8. The van der Waals surface area contributed by atoms with E-state index >= 15 is 0 Å². The monoisotopic (exact) mass is 421 g/mol. The van der Waals surface area contributed by atoms with E-state index in [0.717, 1.165) is 68.0 Å². The number of anilines is 1. The highest BCUT2D eigenvalue weighted by molar-refractivity contribution is 5.89. The summed E-state index contributed by atoms with van der Waals surface area (Å²) in [4.78, 5) is 38.3. The third kappa shape index (κ3) is 5.10. The van der Waals surface area contributed by atoms with Crippen LogP contribution in [0.4, 0.5) is 5.69 Å². The number of rotatable bonds is 4. The fourth-order valence-corrected chi connectivity index (χ4v) is 4.73. The van der Waals surface area contributed by atoms with E-state index in [1.165, 1.54) is 6.92 Å². The second-order valence-electron chi connectivity index (χ2n) is 8.75. The van der Waals surface area contributed by atoms with Crippen LogP contribution in [-0.2, 0) is 9.59 Å². The Labute approximate surface area is 183 Å². The predicted molar refractivity (Wildman–Crippen MR) is 121 cm³/mol. The van der Waals surface area contributed by atoms with E-state index in [1.807, 2.05) is 24.3 Å². The highest BCUT2D eigenvalue weighted by Gasteiger charge is 2.32. The van der Waals surface area contributed by atoms with Crippen molar-refractivity contribution in [3.8, 4) is 11.3 Å². The number of carbonyl (C=O) groups is 2. The molecule has 0 radical (unpaired) electrons. The van der Waals surface area contributed by atoms with Crippen LogP contribution < -0.4 is 5.32 Å². The maximum atomic E-state index is 13.2. The number of hydrogen-bond acceptors (Lipinski definition) is 5.